The van der Waals surface area contributed by atoms with Gasteiger partial charge in [-0.05, 0) is 23.8 Å². The molecule has 1 rings (SSSR count). The molecule has 0 aromatic carbocycles. The molecule has 1 heterocycles. The standard InChI is InChI=1S/C16H25N3O3S/c1-5-14(20)17-10-18(15(21)6-2)12-19(11-17)16(22)7-8-23-9-13(3)4/h5-6,13H,1-2,7-12H2,3-4H3. The van der Waals surface area contributed by atoms with Crippen LogP contribution in [0, 0.1) is 5.92 Å². The van der Waals surface area contributed by atoms with Gasteiger partial charge in [-0.2, -0.15) is 11.8 Å². The molecule has 0 aliphatic carbocycles. The monoisotopic (exact) mass is 339 g/mol. The van der Waals surface area contributed by atoms with Crippen LogP contribution in [0.3, 0.4) is 0 Å². The van der Waals surface area contributed by atoms with Crippen molar-refractivity contribution in [2.45, 2.75) is 20.3 Å². The average molecular weight is 339 g/mol. The second kappa shape index (κ2) is 9.39. The Hall–Kier alpha value is -1.76. The number of thioether (sulfide) groups is 1. The van der Waals surface area contributed by atoms with Crippen LogP contribution in [0.25, 0.3) is 0 Å². The van der Waals surface area contributed by atoms with E-state index in [2.05, 4.69) is 27.0 Å². The first-order valence-corrected chi connectivity index (χ1v) is 8.72. The summed E-state index contributed by atoms with van der Waals surface area (Å²) in [4.78, 5) is 40.3. The van der Waals surface area contributed by atoms with E-state index in [0.29, 0.717) is 12.3 Å². The molecule has 1 aliphatic heterocycles. The summed E-state index contributed by atoms with van der Waals surface area (Å²) in [7, 11) is 0. The predicted octanol–water partition coefficient (Wildman–Crippen LogP) is 1.51. The van der Waals surface area contributed by atoms with Crippen LogP contribution in [0.5, 0.6) is 0 Å². The fourth-order valence-electron chi connectivity index (χ4n) is 2.08. The zero-order valence-corrected chi connectivity index (χ0v) is 14.7. The smallest absolute Gasteiger partial charge is 0.248 e. The first-order chi connectivity index (χ1) is 10.9. The Balaban J connectivity index is 2.65. The van der Waals surface area contributed by atoms with Crippen LogP contribution >= 0.6 is 11.8 Å². The molecule has 0 bridgehead atoms. The van der Waals surface area contributed by atoms with Crippen molar-refractivity contribution in [1.82, 2.24) is 14.7 Å². The highest BCUT2D eigenvalue weighted by Gasteiger charge is 2.29. The topological polar surface area (TPSA) is 60.9 Å². The van der Waals surface area contributed by atoms with E-state index in [1.54, 1.807) is 11.8 Å². The van der Waals surface area contributed by atoms with Gasteiger partial charge >= 0.3 is 0 Å². The number of hydrogen-bond acceptors (Lipinski definition) is 4. The maximum absolute atomic E-state index is 12.3. The third-order valence-corrected chi connectivity index (χ3v) is 4.66. The van der Waals surface area contributed by atoms with Gasteiger partial charge in [0, 0.05) is 12.2 Å². The summed E-state index contributed by atoms with van der Waals surface area (Å²) < 4.78 is 0. The maximum Gasteiger partial charge on any atom is 0.248 e. The van der Waals surface area contributed by atoms with Crippen LogP contribution in [-0.4, -0.2) is 63.9 Å². The molecule has 7 heteroatoms. The van der Waals surface area contributed by atoms with Crippen molar-refractivity contribution in [2.24, 2.45) is 5.92 Å². The van der Waals surface area contributed by atoms with E-state index < -0.39 is 0 Å². The fourth-order valence-corrected chi connectivity index (χ4v) is 3.04. The average Bonchev–Trinajstić information content (AvgIpc) is 2.56. The van der Waals surface area contributed by atoms with Crippen molar-refractivity contribution in [3.8, 4) is 0 Å². The van der Waals surface area contributed by atoms with Crippen molar-refractivity contribution in [3.63, 3.8) is 0 Å². The molecule has 0 saturated carbocycles. The lowest BCUT2D eigenvalue weighted by atomic mass is 10.3. The van der Waals surface area contributed by atoms with E-state index in [0.717, 1.165) is 11.5 Å². The predicted molar refractivity (Wildman–Crippen MR) is 92.3 cm³/mol. The molecular weight excluding hydrogens is 314 g/mol. The zero-order valence-electron chi connectivity index (χ0n) is 13.9. The lowest BCUT2D eigenvalue weighted by Crippen LogP contribution is -2.59. The number of nitrogens with zero attached hydrogens (tertiary/aromatic N) is 3. The third kappa shape index (κ3) is 6.09. The normalized spacial score (nSPS) is 14.8. The maximum atomic E-state index is 12.3. The highest BCUT2D eigenvalue weighted by atomic mass is 32.2. The summed E-state index contributed by atoms with van der Waals surface area (Å²) in [6, 6.07) is 0. The largest absolute Gasteiger partial charge is 0.307 e. The second-order valence-electron chi connectivity index (χ2n) is 5.74. The first-order valence-electron chi connectivity index (χ1n) is 7.57. The highest BCUT2D eigenvalue weighted by Crippen LogP contribution is 2.13. The molecule has 0 aromatic heterocycles. The van der Waals surface area contributed by atoms with E-state index >= 15 is 0 Å². The number of carbonyl (C=O) groups is 3. The number of rotatable bonds is 7. The molecular formula is C16H25N3O3S. The Bertz CT molecular complexity index is 451. The molecule has 0 spiro atoms. The Kier molecular flexibility index (Phi) is 7.88. The Morgan fingerprint density at radius 1 is 1.00 bits per heavy atom. The number of carbonyl (C=O) groups excluding carboxylic acids is 3. The highest BCUT2D eigenvalue weighted by molar-refractivity contribution is 7.99. The number of amides is 3. The van der Waals surface area contributed by atoms with Gasteiger partial charge in [0.2, 0.25) is 17.7 Å². The summed E-state index contributed by atoms with van der Waals surface area (Å²) in [6.07, 6.45) is 2.76. The summed E-state index contributed by atoms with van der Waals surface area (Å²) in [6.45, 7) is 11.7. The Morgan fingerprint density at radius 3 is 1.91 bits per heavy atom. The first kappa shape index (κ1) is 19.3. The Morgan fingerprint density at radius 2 is 1.48 bits per heavy atom. The molecule has 1 aliphatic rings. The van der Waals surface area contributed by atoms with Crippen LogP contribution in [0.15, 0.2) is 25.3 Å². The van der Waals surface area contributed by atoms with Crippen molar-refractivity contribution in [3.05, 3.63) is 25.3 Å². The molecule has 3 amide bonds. The molecule has 23 heavy (non-hydrogen) atoms. The molecule has 1 fully saturated rings. The van der Waals surface area contributed by atoms with E-state index in [9.17, 15) is 14.4 Å². The van der Waals surface area contributed by atoms with Crippen LogP contribution in [0.2, 0.25) is 0 Å². The lowest BCUT2D eigenvalue weighted by molar-refractivity contribution is -0.154. The fraction of sp³-hybridized carbons (Fsp3) is 0.562. The molecule has 0 unspecified atom stereocenters. The van der Waals surface area contributed by atoms with E-state index in [4.69, 9.17) is 0 Å². The summed E-state index contributed by atoms with van der Waals surface area (Å²) in [5.74, 6) is 1.65. The van der Waals surface area contributed by atoms with Crippen molar-refractivity contribution in [2.75, 3.05) is 31.5 Å². The second-order valence-corrected chi connectivity index (χ2v) is 6.89. The molecule has 0 aromatic rings. The minimum absolute atomic E-state index is 0.0651. The van der Waals surface area contributed by atoms with Crippen molar-refractivity contribution >= 4 is 29.5 Å². The van der Waals surface area contributed by atoms with Gasteiger partial charge in [-0.3, -0.25) is 14.4 Å². The minimum atomic E-state index is -0.307. The molecule has 0 atom stereocenters. The zero-order chi connectivity index (χ0) is 17.4. The van der Waals surface area contributed by atoms with Gasteiger partial charge in [0.25, 0.3) is 0 Å². The molecule has 6 nitrogen and oxygen atoms in total. The van der Waals surface area contributed by atoms with Gasteiger partial charge in [-0.25, -0.2) is 0 Å². The Labute approximate surface area is 142 Å². The quantitative estimate of drug-likeness (QED) is 0.521. The van der Waals surface area contributed by atoms with Crippen LogP contribution < -0.4 is 0 Å². The number of hydrogen-bond donors (Lipinski definition) is 0. The van der Waals surface area contributed by atoms with Gasteiger partial charge < -0.3 is 14.7 Å². The lowest BCUT2D eigenvalue weighted by Gasteiger charge is -2.41. The minimum Gasteiger partial charge on any atom is -0.307 e. The molecule has 128 valence electrons. The van der Waals surface area contributed by atoms with E-state index in [1.807, 2.05) is 0 Å². The van der Waals surface area contributed by atoms with E-state index in [-0.39, 0.29) is 37.7 Å². The van der Waals surface area contributed by atoms with Gasteiger partial charge in [0.15, 0.2) is 0 Å². The van der Waals surface area contributed by atoms with Crippen molar-refractivity contribution < 1.29 is 14.4 Å². The summed E-state index contributed by atoms with van der Waals surface area (Å²) in [5, 5.41) is 0. The van der Waals surface area contributed by atoms with Crippen LogP contribution in [0.4, 0.5) is 0 Å². The summed E-state index contributed by atoms with van der Waals surface area (Å²) >= 11 is 1.74. The summed E-state index contributed by atoms with van der Waals surface area (Å²) in [5.41, 5.74) is 0. The van der Waals surface area contributed by atoms with Crippen LogP contribution in [0.1, 0.15) is 20.3 Å². The van der Waals surface area contributed by atoms with Crippen molar-refractivity contribution in [1.29, 1.82) is 0 Å². The van der Waals surface area contributed by atoms with Gasteiger partial charge in [0.1, 0.15) is 0 Å². The van der Waals surface area contributed by atoms with E-state index in [1.165, 1.54) is 26.9 Å². The molecule has 1 saturated heterocycles. The van der Waals surface area contributed by atoms with Gasteiger partial charge in [0.05, 0.1) is 20.0 Å². The van der Waals surface area contributed by atoms with Gasteiger partial charge in [-0.1, -0.05) is 27.0 Å². The van der Waals surface area contributed by atoms with Gasteiger partial charge in [-0.15, -0.1) is 0 Å². The SMILES string of the molecule is C=CC(=O)N1CN(C(=O)C=C)CN(C(=O)CCSCC(C)C)C1. The van der Waals surface area contributed by atoms with Crippen LogP contribution in [-0.2, 0) is 14.4 Å². The molecule has 0 N–H and O–H groups in total. The molecule has 0 radical (unpaired) electrons. The third-order valence-electron chi connectivity index (χ3n) is 3.26.